The Bertz CT molecular complexity index is 908. The van der Waals surface area contributed by atoms with Crippen molar-refractivity contribution in [2.24, 2.45) is 0 Å². The molecule has 0 saturated carbocycles. The van der Waals surface area contributed by atoms with Crippen LogP contribution in [0.2, 0.25) is 0 Å². The molecule has 27 heavy (non-hydrogen) atoms. The standard InChI is InChI=1S/C21H22N2O3S/c1-3-11-25-20-10-5-4-9-19(20)23-21(24)16-7-6-8-18(12-16)26-13-17-14-27-15(2)22-17/h4-10,12,14H,3,11,13H2,1-2H3,(H,23,24). The molecule has 0 unspecified atom stereocenters. The largest absolute Gasteiger partial charge is 0.491 e. The molecular weight excluding hydrogens is 360 g/mol. The number of para-hydroxylation sites is 2. The zero-order valence-electron chi connectivity index (χ0n) is 15.4. The van der Waals surface area contributed by atoms with Crippen molar-refractivity contribution >= 4 is 22.9 Å². The molecule has 0 aliphatic rings. The van der Waals surface area contributed by atoms with Crippen molar-refractivity contribution in [1.29, 1.82) is 0 Å². The van der Waals surface area contributed by atoms with Gasteiger partial charge in [-0.3, -0.25) is 4.79 Å². The second kappa shape index (κ2) is 9.19. The van der Waals surface area contributed by atoms with Gasteiger partial charge in [0.2, 0.25) is 0 Å². The zero-order chi connectivity index (χ0) is 19.1. The molecule has 0 spiro atoms. The van der Waals surface area contributed by atoms with E-state index in [1.807, 2.05) is 49.6 Å². The van der Waals surface area contributed by atoms with Gasteiger partial charge in [-0.25, -0.2) is 4.98 Å². The number of carbonyl (C=O) groups is 1. The van der Waals surface area contributed by atoms with Crippen molar-refractivity contribution in [3.8, 4) is 11.5 Å². The number of hydrogen-bond donors (Lipinski definition) is 1. The number of anilines is 1. The van der Waals surface area contributed by atoms with Gasteiger partial charge in [0.25, 0.3) is 5.91 Å². The summed E-state index contributed by atoms with van der Waals surface area (Å²) in [6.07, 6.45) is 0.903. The highest BCUT2D eigenvalue weighted by Crippen LogP contribution is 2.25. The molecule has 2 aromatic carbocycles. The highest BCUT2D eigenvalue weighted by molar-refractivity contribution is 7.09. The van der Waals surface area contributed by atoms with E-state index < -0.39 is 0 Å². The van der Waals surface area contributed by atoms with Gasteiger partial charge in [-0.1, -0.05) is 25.1 Å². The molecule has 140 valence electrons. The first kappa shape index (κ1) is 18.9. The van der Waals surface area contributed by atoms with E-state index >= 15 is 0 Å². The van der Waals surface area contributed by atoms with Gasteiger partial charge in [0, 0.05) is 10.9 Å². The topological polar surface area (TPSA) is 60.5 Å². The Hall–Kier alpha value is -2.86. The SMILES string of the molecule is CCCOc1ccccc1NC(=O)c1cccc(OCc2csc(C)n2)c1. The number of nitrogens with one attached hydrogen (secondary N) is 1. The van der Waals surface area contributed by atoms with Crippen LogP contribution >= 0.6 is 11.3 Å². The van der Waals surface area contributed by atoms with Crippen LogP contribution in [-0.2, 0) is 6.61 Å². The Morgan fingerprint density at radius 3 is 2.78 bits per heavy atom. The minimum absolute atomic E-state index is 0.211. The van der Waals surface area contributed by atoms with Crippen LogP contribution in [0, 0.1) is 6.92 Å². The third-order valence-corrected chi connectivity index (χ3v) is 4.57. The highest BCUT2D eigenvalue weighted by atomic mass is 32.1. The van der Waals surface area contributed by atoms with Crippen LogP contribution in [0.15, 0.2) is 53.9 Å². The summed E-state index contributed by atoms with van der Waals surface area (Å²) in [6.45, 7) is 4.98. The van der Waals surface area contributed by atoms with E-state index in [9.17, 15) is 4.79 Å². The number of ether oxygens (including phenoxy) is 2. The lowest BCUT2D eigenvalue weighted by molar-refractivity contribution is 0.102. The summed E-state index contributed by atoms with van der Waals surface area (Å²) < 4.78 is 11.5. The van der Waals surface area contributed by atoms with Crippen LogP contribution in [0.5, 0.6) is 11.5 Å². The van der Waals surface area contributed by atoms with Gasteiger partial charge in [0.15, 0.2) is 0 Å². The molecule has 1 heterocycles. The number of rotatable bonds is 8. The Labute approximate surface area is 163 Å². The number of benzene rings is 2. The molecule has 0 aliphatic heterocycles. The average molecular weight is 382 g/mol. The van der Waals surface area contributed by atoms with E-state index in [4.69, 9.17) is 9.47 Å². The smallest absolute Gasteiger partial charge is 0.255 e. The lowest BCUT2D eigenvalue weighted by Crippen LogP contribution is -2.13. The number of carbonyl (C=O) groups excluding carboxylic acids is 1. The van der Waals surface area contributed by atoms with Crippen molar-refractivity contribution in [3.05, 3.63) is 70.2 Å². The third kappa shape index (κ3) is 5.31. The van der Waals surface area contributed by atoms with Crippen LogP contribution in [0.3, 0.4) is 0 Å². The molecule has 0 fully saturated rings. The molecule has 0 bridgehead atoms. The summed E-state index contributed by atoms with van der Waals surface area (Å²) in [5, 5.41) is 5.89. The minimum atomic E-state index is -0.211. The molecule has 3 rings (SSSR count). The van der Waals surface area contributed by atoms with Gasteiger partial charge in [-0.15, -0.1) is 11.3 Å². The Balaban J connectivity index is 1.67. The summed E-state index contributed by atoms with van der Waals surface area (Å²) in [5.41, 5.74) is 2.06. The van der Waals surface area contributed by atoms with E-state index in [1.54, 1.807) is 29.5 Å². The van der Waals surface area contributed by atoms with Crippen molar-refractivity contribution in [2.75, 3.05) is 11.9 Å². The summed E-state index contributed by atoms with van der Waals surface area (Å²) in [4.78, 5) is 17.0. The second-order valence-corrected chi connectivity index (χ2v) is 7.04. The number of thiazole rings is 1. The molecule has 6 heteroatoms. The first-order chi connectivity index (χ1) is 13.2. The van der Waals surface area contributed by atoms with Crippen molar-refractivity contribution in [2.45, 2.75) is 26.9 Å². The molecule has 1 amide bonds. The lowest BCUT2D eigenvalue weighted by Gasteiger charge is -2.12. The lowest BCUT2D eigenvalue weighted by atomic mass is 10.2. The number of nitrogens with zero attached hydrogens (tertiary/aromatic N) is 1. The van der Waals surface area contributed by atoms with Crippen LogP contribution in [0.4, 0.5) is 5.69 Å². The molecular formula is C21H22N2O3S. The maximum atomic E-state index is 12.6. The van der Waals surface area contributed by atoms with Crippen LogP contribution in [-0.4, -0.2) is 17.5 Å². The summed E-state index contributed by atoms with van der Waals surface area (Å²) in [7, 11) is 0. The maximum absolute atomic E-state index is 12.6. The van der Waals surface area contributed by atoms with Gasteiger partial charge in [-0.05, 0) is 43.7 Å². The molecule has 3 aromatic rings. The number of amides is 1. The summed E-state index contributed by atoms with van der Waals surface area (Å²) in [5.74, 6) is 1.08. The fourth-order valence-electron chi connectivity index (χ4n) is 2.46. The maximum Gasteiger partial charge on any atom is 0.255 e. The van der Waals surface area contributed by atoms with Gasteiger partial charge in [0.05, 0.1) is 23.0 Å². The first-order valence-electron chi connectivity index (χ1n) is 8.82. The summed E-state index contributed by atoms with van der Waals surface area (Å²) >= 11 is 1.59. The highest BCUT2D eigenvalue weighted by Gasteiger charge is 2.11. The Kier molecular flexibility index (Phi) is 6.44. The van der Waals surface area contributed by atoms with Crippen LogP contribution in [0.25, 0.3) is 0 Å². The van der Waals surface area contributed by atoms with E-state index in [2.05, 4.69) is 10.3 Å². The fourth-order valence-corrected chi connectivity index (χ4v) is 3.06. The van der Waals surface area contributed by atoms with Crippen molar-refractivity contribution < 1.29 is 14.3 Å². The predicted octanol–water partition coefficient (Wildman–Crippen LogP) is 5.07. The number of aryl methyl sites for hydroxylation is 1. The van der Waals surface area contributed by atoms with Gasteiger partial charge in [-0.2, -0.15) is 0 Å². The molecule has 0 aliphatic carbocycles. The first-order valence-corrected chi connectivity index (χ1v) is 9.70. The molecule has 1 N–H and O–H groups in total. The molecule has 0 atom stereocenters. The monoisotopic (exact) mass is 382 g/mol. The zero-order valence-corrected chi connectivity index (χ0v) is 16.2. The van der Waals surface area contributed by atoms with Gasteiger partial charge in [0.1, 0.15) is 18.1 Å². The van der Waals surface area contributed by atoms with Gasteiger partial charge >= 0.3 is 0 Å². The summed E-state index contributed by atoms with van der Waals surface area (Å²) in [6, 6.07) is 14.5. The Morgan fingerprint density at radius 2 is 2.00 bits per heavy atom. The van der Waals surface area contributed by atoms with E-state index in [-0.39, 0.29) is 5.91 Å². The van der Waals surface area contributed by atoms with Crippen molar-refractivity contribution in [3.63, 3.8) is 0 Å². The average Bonchev–Trinajstić information content (AvgIpc) is 3.11. The quantitative estimate of drug-likeness (QED) is 0.591. The number of aromatic nitrogens is 1. The number of hydrogen-bond acceptors (Lipinski definition) is 5. The normalized spacial score (nSPS) is 10.4. The van der Waals surface area contributed by atoms with Crippen LogP contribution < -0.4 is 14.8 Å². The molecule has 1 aromatic heterocycles. The second-order valence-electron chi connectivity index (χ2n) is 5.97. The molecule has 5 nitrogen and oxygen atoms in total. The predicted molar refractivity (Wildman–Crippen MR) is 108 cm³/mol. The van der Waals surface area contributed by atoms with E-state index in [0.717, 1.165) is 17.1 Å². The Morgan fingerprint density at radius 1 is 1.15 bits per heavy atom. The third-order valence-electron chi connectivity index (χ3n) is 3.75. The van der Waals surface area contributed by atoms with Gasteiger partial charge < -0.3 is 14.8 Å². The molecule has 0 radical (unpaired) electrons. The minimum Gasteiger partial charge on any atom is -0.491 e. The van der Waals surface area contributed by atoms with E-state index in [0.29, 0.717) is 36.0 Å². The molecule has 0 saturated heterocycles. The van der Waals surface area contributed by atoms with Crippen molar-refractivity contribution in [1.82, 2.24) is 4.98 Å². The van der Waals surface area contributed by atoms with Crippen LogP contribution in [0.1, 0.15) is 34.4 Å². The fraction of sp³-hybridized carbons (Fsp3) is 0.238. The van der Waals surface area contributed by atoms with E-state index in [1.165, 1.54) is 0 Å².